The molecule has 0 spiro atoms. The minimum absolute atomic E-state index is 0.240. The van der Waals surface area contributed by atoms with E-state index in [9.17, 15) is 20.2 Å². The minimum atomic E-state index is -0.811. The minimum Gasteiger partial charge on any atom is -0.298 e. The molecule has 0 aromatic heterocycles. The SMILES string of the molecule is C=COOc1ccc([N+](=O)[O-])cc1[N+](=O)[O-]. The first-order valence-electron chi connectivity index (χ1n) is 3.93. The number of hydrogen-bond acceptors (Lipinski definition) is 6. The van der Waals surface area contributed by atoms with Gasteiger partial charge in [-0.1, -0.05) is 6.58 Å². The van der Waals surface area contributed by atoms with Crippen molar-refractivity contribution in [2.75, 3.05) is 0 Å². The van der Waals surface area contributed by atoms with Gasteiger partial charge in [0.25, 0.3) is 11.4 Å². The van der Waals surface area contributed by atoms with Gasteiger partial charge in [0.1, 0.15) is 6.26 Å². The van der Waals surface area contributed by atoms with Crippen LogP contribution in [0.25, 0.3) is 0 Å². The van der Waals surface area contributed by atoms with Crippen molar-refractivity contribution >= 4 is 11.4 Å². The van der Waals surface area contributed by atoms with Crippen LogP contribution < -0.4 is 4.89 Å². The fourth-order valence-electron chi connectivity index (χ4n) is 0.918. The molecule has 1 rings (SSSR count). The lowest BCUT2D eigenvalue weighted by molar-refractivity contribution is -0.396. The number of nitrogens with zero attached hydrogens (tertiary/aromatic N) is 2. The summed E-state index contributed by atoms with van der Waals surface area (Å²) in [5.74, 6) is -0.240. The van der Waals surface area contributed by atoms with E-state index in [0.717, 1.165) is 24.5 Å². The third-order valence-corrected chi connectivity index (χ3v) is 1.56. The summed E-state index contributed by atoms with van der Waals surface area (Å²) in [4.78, 5) is 28.2. The Bertz CT molecular complexity index is 444. The van der Waals surface area contributed by atoms with Gasteiger partial charge in [0.05, 0.1) is 15.9 Å². The normalized spacial score (nSPS) is 9.25. The van der Waals surface area contributed by atoms with Crippen molar-refractivity contribution in [2.24, 2.45) is 0 Å². The van der Waals surface area contributed by atoms with Crippen LogP contribution in [0.3, 0.4) is 0 Å². The fraction of sp³-hybridized carbons (Fsp3) is 0. The molecule has 0 saturated heterocycles. The van der Waals surface area contributed by atoms with E-state index < -0.39 is 21.2 Å². The molecule has 0 aliphatic heterocycles. The molecule has 8 nitrogen and oxygen atoms in total. The molecule has 1 aromatic rings. The summed E-state index contributed by atoms with van der Waals surface area (Å²) in [5.41, 5.74) is -0.964. The molecule has 0 aliphatic rings. The summed E-state index contributed by atoms with van der Waals surface area (Å²) in [6.07, 6.45) is 0.922. The first-order valence-corrected chi connectivity index (χ1v) is 3.93. The molecular weight excluding hydrogens is 220 g/mol. The highest BCUT2D eigenvalue weighted by Gasteiger charge is 2.21. The molecule has 0 unspecified atom stereocenters. The van der Waals surface area contributed by atoms with Gasteiger partial charge >= 0.3 is 5.69 Å². The highest BCUT2D eigenvalue weighted by molar-refractivity contribution is 5.53. The van der Waals surface area contributed by atoms with Crippen molar-refractivity contribution in [3.63, 3.8) is 0 Å². The molecule has 1 aromatic carbocycles. The second kappa shape index (κ2) is 4.73. The smallest absolute Gasteiger partial charge is 0.298 e. The number of nitro groups is 2. The predicted molar refractivity (Wildman–Crippen MR) is 51.7 cm³/mol. The molecular formula is C8H6N2O6. The molecule has 0 radical (unpaired) electrons. The van der Waals surface area contributed by atoms with Crippen LogP contribution >= 0.6 is 0 Å². The zero-order chi connectivity index (χ0) is 12.1. The van der Waals surface area contributed by atoms with E-state index in [1.54, 1.807) is 0 Å². The van der Waals surface area contributed by atoms with Crippen LogP contribution in [0.1, 0.15) is 0 Å². The maximum absolute atomic E-state index is 10.6. The highest BCUT2D eigenvalue weighted by atomic mass is 17.2. The average Bonchev–Trinajstić information content (AvgIpc) is 2.25. The van der Waals surface area contributed by atoms with E-state index in [-0.39, 0.29) is 5.75 Å². The molecule has 0 N–H and O–H groups in total. The van der Waals surface area contributed by atoms with Gasteiger partial charge < -0.3 is 0 Å². The van der Waals surface area contributed by atoms with Crippen LogP contribution in [0, 0.1) is 20.2 Å². The summed E-state index contributed by atoms with van der Waals surface area (Å²) in [6.45, 7) is 3.17. The summed E-state index contributed by atoms with van der Waals surface area (Å²) in [5, 5.41) is 21.0. The number of nitro benzene ring substituents is 2. The van der Waals surface area contributed by atoms with Crippen molar-refractivity contribution in [2.45, 2.75) is 0 Å². The summed E-state index contributed by atoms with van der Waals surface area (Å²) < 4.78 is 0. The van der Waals surface area contributed by atoms with E-state index in [2.05, 4.69) is 16.4 Å². The first-order chi connectivity index (χ1) is 7.56. The van der Waals surface area contributed by atoms with Gasteiger partial charge in [-0.25, -0.2) is 0 Å². The van der Waals surface area contributed by atoms with E-state index in [1.165, 1.54) is 0 Å². The third-order valence-electron chi connectivity index (χ3n) is 1.56. The van der Waals surface area contributed by atoms with E-state index in [0.29, 0.717) is 0 Å². The van der Waals surface area contributed by atoms with Crippen molar-refractivity contribution in [1.29, 1.82) is 0 Å². The molecule has 8 heteroatoms. The number of rotatable bonds is 5. The van der Waals surface area contributed by atoms with E-state index in [1.807, 2.05) is 0 Å². The van der Waals surface area contributed by atoms with Crippen LogP contribution in [0.15, 0.2) is 31.0 Å². The van der Waals surface area contributed by atoms with Gasteiger partial charge in [-0.05, 0) is 6.07 Å². The van der Waals surface area contributed by atoms with Gasteiger partial charge in [-0.3, -0.25) is 30.0 Å². The molecule has 0 atom stereocenters. The molecule has 0 amide bonds. The monoisotopic (exact) mass is 226 g/mol. The maximum Gasteiger partial charge on any atom is 0.323 e. The second-order valence-corrected chi connectivity index (χ2v) is 2.51. The van der Waals surface area contributed by atoms with Crippen molar-refractivity contribution in [1.82, 2.24) is 0 Å². The van der Waals surface area contributed by atoms with Crippen LogP contribution in [0.4, 0.5) is 11.4 Å². The Hall–Kier alpha value is -2.64. The molecule has 84 valence electrons. The molecule has 0 heterocycles. The quantitative estimate of drug-likeness (QED) is 0.329. The zero-order valence-corrected chi connectivity index (χ0v) is 7.86. The van der Waals surface area contributed by atoms with Crippen LogP contribution in [-0.2, 0) is 4.89 Å². The summed E-state index contributed by atoms with van der Waals surface area (Å²) >= 11 is 0. The summed E-state index contributed by atoms with van der Waals surface area (Å²) in [6, 6.07) is 2.91. The van der Waals surface area contributed by atoms with Gasteiger partial charge in [-0.15, -0.1) is 0 Å². The Balaban J connectivity index is 3.13. The Morgan fingerprint density at radius 2 is 1.94 bits per heavy atom. The Kier molecular flexibility index (Phi) is 3.38. The Morgan fingerprint density at radius 1 is 1.25 bits per heavy atom. The van der Waals surface area contributed by atoms with Crippen LogP contribution in [-0.4, -0.2) is 9.85 Å². The average molecular weight is 226 g/mol. The third kappa shape index (κ3) is 2.44. The van der Waals surface area contributed by atoms with Crippen molar-refractivity contribution < 1.29 is 19.6 Å². The number of non-ortho nitro benzene ring substituents is 1. The second-order valence-electron chi connectivity index (χ2n) is 2.51. The van der Waals surface area contributed by atoms with Gasteiger partial charge in [-0.2, -0.15) is 0 Å². The molecule has 0 bridgehead atoms. The van der Waals surface area contributed by atoms with Crippen LogP contribution in [0.2, 0.25) is 0 Å². The first kappa shape index (κ1) is 11.4. The predicted octanol–water partition coefficient (Wildman–Crippen LogP) is 1.96. The standard InChI is InChI=1S/C8H6N2O6/c1-2-15-16-8-4-3-6(9(11)12)5-7(8)10(13)14/h2-5H,1H2. The molecule has 0 fully saturated rings. The lowest BCUT2D eigenvalue weighted by atomic mass is 10.2. The van der Waals surface area contributed by atoms with E-state index >= 15 is 0 Å². The molecule has 0 saturated carbocycles. The largest absolute Gasteiger partial charge is 0.323 e. The van der Waals surface area contributed by atoms with Gasteiger partial charge in [0.15, 0.2) is 0 Å². The van der Waals surface area contributed by atoms with Crippen molar-refractivity contribution in [3.05, 3.63) is 51.3 Å². The Morgan fingerprint density at radius 3 is 2.44 bits per heavy atom. The fourth-order valence-corrected chi connectivity index (χ4v) is 0.918. The number of benzene rings is 1. The highest BCUT2D eigenvalue weighted by Crippen LogP contribution is 2.30. The van der Waals surface area contributed by atoms with Gasteiger partial charge in [0.2, 0.25) is 0 Å². The lowest BCUT2D eigenvalue weighted by Gasteiger charge is -2.01. The molecule has 0 aliphatic carbocycles. The maximum atomic E-state index is 10.6. The zero-order valence-electron chi connectivity index (χ0n) is 7.86. The topological polar surface area (TPSA) is 105 Å². The Labute approximate surface area is 88.9 Å². The number of hydrogen-bond donors (Lipinski definition) is 0. The van der Waals surface area contributed by atoms with Gasteiger partial charge in [0, 0.05) is 6.07 Å². The van der Waals surface area contributed by atoms with E-state index in [4.69, 9.17) is 0 Å². The lowest BCUT2D eigenvalue weighted by Crippen LogP contribution is -1.98. The van der Waals surface area contributed by atoms with Crippen LogP contribution in [0.5, 0.6) is 5.75 Å². The molecule has 16 heavy (non-hydrogen) atoms. The summed E-state index contributed by atoms with van der Waals surface area (Å²) in [7, 11) is 0. The van der Waals surface area contributed by atoms with Crippen molar-refractivity contribution in [3.8, 4) is 5.75 Å².